The van der Waals surface area contributed by atoms with Gasteiger partial charge in [0, 0.05) is 55.1 Å². The average molecular weight is 1070 g/mol. The zero-order valence-electron chi connectivity index (χ0n) is 43.1. The number of piperidine rings is 1. The Morgan fingerprint density at radius 1 is 0.986 bits per heavy atom. The van der Waals surface area contributed by atoms with Crippen molar-refractivity contribution in [2.24, 2.45) is 23.7 Å². The van der Waals surface area contributed by atoms with Gasteiger partial charge in [0.05, 0.1) is 0 Å². The van der Waals surface area contributed by atoms with Crippen LogP contribution in [0.4, 0.5) is 4.79 Å². The summed E-state index contributed by atoms with van der Waals surface area (Å²) >= 11 is 1.09. The zero-order valence-corrected chi connectivity index (χ0v) is 45.5. The Morgan fingerprint density at radius 2 is 1.74 bits per heavy atom. The molecule has 22 heteroatoms. The van der Waals surface area contributed by atoms with Crippen molar-refractivity contribution in [2.45, 2.75) is 141 Å². The number of phenols is 1. The van der Waals surface area contributed by atoms with Gasteiger partial charge in [-0.15, -0.1) is 11.3 Å². The summed E-state index contributed by atoms with van der Waals surface area (Å²) in [6.07, 6.45) is 4.13. The second-order valence-electron chi connectivity index (χ2n) is 19.1. The summed E-state index contributed by atoms with van der Waals surface area (Å²) in [5.41, 5.74) is 4.77. The van der Waals surface area contributed by atoms with Crippen LogP contribution in [0.2, 0.25) is 0 Å². The smallest absolute Gasteiger partial charge is 0.426 e. The molecule has 2 aliphatic rings. The summed E-state index contributed by atoms with van der Waals surface area (Å²) in [5.74, 6) is -3.38. The minimum absolute atomic E-state index is 0.0125. The number of carbonyl (C=O) groups excluding carboxylic acids is 7. The molecule has 2 fully saturated rings. The van der Waals surface area contributed by atoms with Crippen LogP contribution < -0.4 is 21.5 Å². The lowest BCUT2D eigenvalue weighted by molar-refractivity contribution is -0.160. The Morgan fingerprint density at radius 3 is 2.40 bits per heavy atom. The van der Waals surface area contributed by atoms with Crippen LogP contribution in [0.1, 0.15) is 127 Å². The molecule has 2 aromatic heterocycles. The molecule has 0 bridgehead atoms. The second-order valence-corrected chi connectivity index (χ2v) is 22.5. The molecule has 8 atom stereocenters. The number of esters is 2. The third-order valence-electron chi connectivity index (χ3n) is 13.3. The number of rotatable bonds is 27. The molecule has 5 rings (SSSR count). The normalized spacial score (nSPS) is 18.6. The van der Waals surface area contributed by atoms with Crippen molar-refractivity contribution in [2.75, 3.05) is 32.7 Å². The van der Waals surface area contributed by atoms with E-state index in [1.165, 1.54) is 50.9 Å². The van der Waals surface area contributed by atoms with E-state index in [2.05, 4.69) is 36.4 Å². The van der Waals surface area contributed by atoms with Crippen LogP contribution in [0, 0.1) is 23.7 Å². The lowest BCUT2D eigenvalue weighted by Gasteiger charge is -2.39. The number of likely N-dealkylation sites (tertiary alicyclic amines) is 1. The topological polar surface area (TPSA) is 248 Å². The molecular weight excluding hydrogens is 997 g/mol. The van der Waals surface area contributed by atoms with E-state index in [0.717, 1.165) is 47.7 Å². The summed E-state index contributed by atoms with van der Waals surface area (Å²) < 4.78 is 16.8. The van der Waals surface area contributed by atoms with Crippen LogP contribution in [0.15, 0.2) is 59.1 Å². The fourth-order valence-electron chi connectivity index (χ4n) is 8.98. The Hall–Kier alpha value is -5.45. The molecule has 400 valence electrons. The Labute approximate surface area is 440 Å². The first kappa shape index (κ1) is 58.4. The van der Waals surface area contributed by atoms with Crippen LogP contribution in [-0.4, -0.2) is 123 Å². The Bertz CT molecular complexity index is 2330. The zero-order chi connectivity index (χ0) is 53.2. The molecule has 19 nitrogen and oxygen atoms in total. The fourth-order valence-corrected chi connectivity index (χ4v) is 11.5. The van der Waals surface area contributed by atoms with Crippen LogP contribution in [0.5, 0.6) is 5.75 Å². The summed E-state index contributed by atoms with van der Waals surface area (Å²) in [6.45, 7) is 12.9. The number of hydrogen-bond acceptors (Lipinski definition) is 17. The molecule has 3 heterocycles. The number of carbonyl (C=O) groups is 7. The van der Waals surface area contributed by atoms with Gasteiger partial charge in [-0.3, -0.25) is 39.1 Å². The van der Waals surface area contributed by atoms with Gasteiger partial charge in [0.2, 0.25) is 17.7 Å². The maximum atomic E-state index is 15.0. The number of nitrogens with zero attached hydrogens (tertiary/aromatic N) is 4. The average Bonchev–Trinajstić information content (AvgIpc) is 3.93. The third-order valence-corrected chi connectivity index (χ3v) is 16.5. The number of hydrogen-bond donors (Lipinski definition) is 5. The van der Waals surface area contributed by atoms with Crippen LogP contribution in [0.3, 0.4) is 0 Å². The SMILES string of the molecule is CCCC(=O)OCN(C(=O)[C@@H](NC(=O)C12C[C@H]1CCCN2C)C(C)CC)[C@H](C[C@@H](OC(C)=O)c1nc(C(=O)N[C@@H](Cc2ccc(O)cc2)C[C@H](C)C(=O)NNC(=O)OCCSSc2ccccn2)cs1)C(C)C. The third kappa shape index (κ3) is 17.0. The van der Waals surface area contributed by atoms with E-state index in [-0.39, 0.29) is 72.4 Å². The number of fused-ring (bicyclic) bond motifs is 1. The highest BCUT2D eigenvalue weighted by Crippen LogP contribution is 2.53. The molecular formula is C51H72N8O11S3. The van der Waals surface area contributed by atoms with Crippen molar-refractivity contribution in [3.63, 3.8) is 0 Å². The molecule has 0 radical (unpaired) electrons. The van der Waals surface area contributed by atoms with E-state index in [0.29, 0.717) is 18.6 Å². The molecule has 1 saturated heterocycles. The van der Waals surface area contributed by atoms with Crippen molar-refractivity contribution in [1.82, 2.24) is 41.3 Å². The monoisotopic (exact) mass is 1070 g/mol. The lowest BCUT2D eigenvalue weighted by atomic mass is 9.92. The highest BCUT2D eigenvalue weighted by molar-refractivity contribution is 8.76. The first-order valence-corrected chi connectivity index (χ1v) is 28.2. The van der Waals surface area contributed by atoms with Gasteiger partial charge < -0.3 is 34.9 Å². The van der Waals surface area contributed by atoms with Crippen molar-refractivity contribution in [3.05, 3.63) is 70.3 Å². The molecule has 1 aliphatic carbocycles. The number of benzene rings is 1. The molecule has 73 heavy (non-hydrogen) atoms. The minimum atomic E-state index is -1.04. The fraction of sp³-hybridized carbons (Fsp3) is 0.588. The van der Waals surface area contributed by atoms with Crippen LogP contribution in [0.25, 0.3) is 0 Å². The number of thiazole rings is 1. The number of pyridine rings is 1. The van der Waals surface area contributed by atoms with Crippen molar-refractivity contribution in [1.29, 1.82) is 0 Å². The number of amides is 5. The maximum Gasteiger partial charge on any atom is 0.426 e. The van der Waals surface area contributed by atoms with E-state index in [1.54, 1.807) is 25.3 Å². The highest BCUT2D eigenvalue weighted by atomic mass is 33.1. The van der Waals surface area contributed by atoms with Gasteiger partial charge in [-0.1, -0.05) is 77.0 Å². The second kappa shape index (κ2) is 28.3. The minimum Gasteiger partial charge on any atom is -0.508 e. The number of nitrogens with one attached hydrogen (secondary N) is 4. The highest BCUT2D eigenvalue weighted by Gasteiger charge is 2.64. The Kier molecular flexibility index (Phi) is 22.6. The van der Waals surface area contributed by atoms with Crippen LogP contribution >= 0.6 is 32.9 Å². The molecule has 5 amide bonds. The summed E-state index contributed by atoms with van der Waals surface area (Å²) in [5, 5.41) is 18.7. The van der Waals surface area contributed by atoms with E-state index in [4.69, 9.17) is 14.2 Å². The van der Waals surface area contributed by atoms with Gasteiger partial charge in [-0.05, 0) is 110 Å². The standard InChI is InChI=1S/C51H72N8O11S3/c1-9-14-43(62)69-30-59(48(65)44(32(5)10-2)55-49(66)51-28-36(51)15-13-22-58(51)8)40(31(3)4)27-41(70-34(7)60)47-54-39(29-71-47)46(64)53-37(26-35-17-19-38(61)20-18-35)25-33(6)45(63)56-57-50(67)68-23-24-72-73-42-16-11-12-21-52-42/h11-12,16-21,29,31-33,36-37,40-41,44,61H,9-10,13-15,22-28,30H2,1-8H3,(H,53,64)(H,55,66)(H,56,63)(H,57,67)/t32?,33-,36+,37+,40+,41+,44-,51?/m0/s1. The van der Waals surface area contributed by atoms with E-state index < -0.39 is 78.2 Å². The number of phenolic OH excluding ortho intramolecular Hbond substituents is 1. The summed E-state index contributed by atoms with van der Waals surface area (Å²) in [6, 6.07) is 9.72. The quantitative estimate of drug-likeness (QED) is 0.0129. The van der Waals surface area contributed by atoms with E-state index in [9.17, 15) is 33.9 Å². The van der Waals surface area contributed by atoms with Crippen molar-refractivity contribution in [3.8, 4) is 5.75 Å². The first-order valence-electron chi connectivity index (χ1n) is 25.0. The van der Waals surface area contributed by atoms with Gasteiger partial charge in [0.25, 0.3) is 5.91 Å². The van der Waals surface area contributed by atoms with Gasteiger partial charge in [0.15, 0.2) is 12.8 Å². The molecule has 5 N–H and O–H groups in total. The van der Waals surface area contributed by atoms with E-state index in [1.807, 2.05) is 59.9 Å². The van der Waals surface area contributed by atoms with Crippen molar-refractivity contribution < 1.29 is 52.9 Å². The molecule has 3 aromatic rings. The lowest BCUT2D eigenvalue weighted by Crippen LogP contribution is -2.60. The molecule has 2 unspecified atom stereocenters. The maximum absolute atomic E-state index is 15.0. The number of aromatic hydroxyl groups is 1. The number of aromatic nitrogens is 2. The summed E-state index contributed by atoms with van der Waals surface area (Å²) in [7, 11) is 4.86. The van der Waals surface area contributed by atoms with Gasteiger partial charge in [-0.2, -0.15) is 0 Å². The predicted molar refractivity (Wildman–Crippen MR) is 279 cm³/mol. The molecule has 1 saturated carbocycles. The van der Waals surface area contributed by atoms with Gasteiger partial charge >= 0.3 is 18.0 Å². The first-order chi connectivity index (χ1) is 34.9. The van der Waals surface area contributed by atoms with E-state index >= 15 is 4.79 Å². The largest absolute Gasteiger partial charge is 0.508 e. The van der Waals surface area contributed by atoms with Crippen molar-refractivity contribution >= 4 is 74.6 Å². The molecule has 1 aromatic carbocycles. The van der Waals surface area contributed by atoms with Crippen LogP contribution in [-0.2, 0) is 44.6 Å². The number of likely N-dealkylation sites (N-methyl/N-ethyl adjacent to an activating group) is 1. The van der Waals surface area contributed by atoms with Gasteiger partial charge in [0.1, 0.15) is 39.7 Å². The van der Waals surface area contributed by atoms with Gasteiger partial charge in [-0.25, -0.2) is 20.2 Å². The molecule has 1 aliphatic heterocycles. The number of ether oxygens (including phenoxy) is 3. The predicted octanol–water partition coefficient (Wildman–Crippen LogP) is 6.97. The number of hydrazine groups is 1. The summed E-state index contributed by atoms with van der Waals surface area (Å²) in [4.78, 5) is 107. The molecule has 0 spiro atoms. The Balaban J connectivity index is 1.30.